The van der Waals surface area contributed by atoms with E-state index in [1.807, 2.05) is 0 Å². The van der Waals surface area contributed by atoms with Gasteiger partial charge in [0, 0.05) is 19.3 Å². The van der Waals surface area contributed by atoms with Crippen molar-refractivity contribution in [3.05, 3.63) is 28.2 Å². The first kappa shape index (κ1) is 21.5. The zero-order chi connectivity index (χ0) is 20.2. The molecule has 1 atom stereocenters. The number of amides is 1. The summed E-state index contributed by atoms with van der Waals surface area (Å²) in [6.07, 6.45) is -1.60. The number of hydrogen-bond donors (Lipinski definition) is 2. The number of aromatic nitrogens is 3. The van der Waals surface area contributed by atoms with Crippen molar-refractivity contribution in [1.29, 1.82) is 0 Å². The maximum atomic E-state index is 12.7. The summed E-state index contributed by atoms with van der Waals surface area (Å²) in [7, 11) is 0. The third-order valence-corrected chi connectivity index (χ3v) is 4.49. The largest absolute Gasteiger partial charge is 0.444 e. The lowest BCUT2D eigenvalue weighted by atomic mass is 10.2. The number of ether oxygens (including phenoxy) is 1. The second kappa shape index (κ2) is 8.46. The van der Waals surface area contributed by atoms with E-state index in [0.29, 0.717) is 5.13 Å². The molecule has 1 unspecified atom stereocenters. The maximum Gasteiger partial charge on any atom is 0.434 e. The molecule has 0 radical (unpaired) electrons. The number of imidazole rings is 1. The van der Waals surface area contributed by atoms with Crippen LogP contribution in [0.25, 0.3) is 0 Å². The lowest BCUT2D eigenvalue weighted by Crippen LogP contribution is -2.44. The smallest absolute Gasteiger partial charge is 0.434 e. The van der Waals surface area contributed by atoms with E-state index in [1.54, 1.807) is 27.0 Å². The first-order valence-corrected chi connectivity index (χ1v) is 9.47. The molecular weight excluding hydrogens is 451 g/mol. The standard InChI is InChI=1S/C15H19BrF3N5O2S/c1-14(2,3)26-13(25)23-9(4-20-12-21-5-11(16)27-12)6-24-7-10(22-8-24)15(17,18)19/h5,7-9H,4,6H2,1-3H3,(H,20,21)(H,23,25). The Kier molecular flexibility index (Phi) is 6.73. The van der Waals surface area contributed by atoms with E-state index in [4.69, 9.17) is 4.74 Å². The van der Waals surface area contributed by atoms with Crippen LogP contribution in [0, 0.1) is 0 Å². The minimum Gasteiger partial charge on any atom is -0.444 e. The van der Waals surface area contributed by atoms with Crippen molar-refractivity contribution in [2.75, 3.05) is 11.9 Å². The van der Waals surface area contributed by atoms with E-state index in [1.165, 1.54) is 15.9 Å². The number of anilines is 1. The fourth-order valence-corrected chi connectivity index (χ4v) is 3.16. The van der Waals surface area contributed by atoms with Gasteiger partial charge in [-0.25, -0.2) is 14.8 Å². The van der Waals surface area contributed by atoms with Gasteiger partial charge in [-0.1, -0.05) is 11.3 Å². The lowest BCUT2D eigenvalue weighted by Gasteiger charge is -2.24. The van der Waals surface area contributed by atoms with Crippen molar-refractivity contribution >= 4 is 38.5 Å². The van der Waals surface area contributed by atoms with Crippen molar-refractivity contribution in [3.63, 3.8) is 0 Å². The van der Waals surface area contributed by atoms with E-state index >= 15 is 0 Å². The molecule has 0 saturated carbocycles. The molecule has 2 aromatic rings. The Labute approximate surface area is 166 Å². The van der Waals surface area contributed by atoms with Gasteiger partial charge in [0.15, 0.2) is 10.8 Å². The number of hydrogen-bond acceptors (Lipinski definition) is 6. The Morgan fingerprint density at radius 3 is 2.59 bits per heavy atom. The van der Waals surface area contributed by atoms with Gasteiger partial charge < -0.3 is 19.9 Å². The van der Waals surface area contributed by atoms with Gasteiger partial charge in [0.25, 0.3) is 0 Å². The number of carbonyl (C=O) groups is 1. The summed E-state index contributed by atoms with van der Waals surface area (Å²) in [6.45, 7) is 5.47. The Hall–Kier alpha value is -1.82. The second-order valence-electron chi connectivity index (χ2n) is 6.65. The predicted molar refractivity (Wildman–Crippen MR) is 98.7 cm³/mol. The van der Waals surface area contributed by atoms with Gasteiger partial charge in [-0.2, -0.15) is 13.2 Å². The van der Waals surface area contributed by atoms with Crippen LogP contribution < -0.4 is 10.6 Å². The number of nitrogens with one attached hydrogen (secondary N) is 2. The van der Waals surface area contributed by atoms with Gasteiger partial charge in [-0.15, -0.1) is 0 Å². The highest BCUT2D eigenvalue weighted by Crippen LogP contribution is 2.27. The van der Waals surface area contributed by atoms with Crippen LogP contribution >= 0.6 is 27.3 Å². The third kappa shape index (κ3) is 7.37. The van der Waals surface area contributed by atoms with Crippen LogP contribution in [0.2, 0.25) is 0 Å². The van der Waals surface area contributed by atoms with E-state index < -0.39 is 29.6 Å². The molecule has 7 nitrogen and oxygen atoms in total. The third-order valence-electron chi connectivity index (χ3n) is 3.05. The zero-order valence-corrected chi connectivity index (χ0v) is 17.2. The van der Waals surface area contributed by atoms with Crippen molar-refractivity contribution in [2.45, 2.75) is 45.1 Å². The monoisotopic (exact) mass is 469 g/mol. The van der Waals surface area contributed by atoms with Crippen molar-refractivity contribution < 1.29 is 22.7 Å². The predicted octanol–water partition coefficient (Wildman–Crippen LogP) is 4.13. The van der Waals surface area contributed by atoms with Gasteiger partial charge in [0.05, 0.1) is 22.4 Å². The summed E-state index contributed by atoms with van der Waals surface area (Å²) in [6, 6.07) is -0.558. The molecule has 0 aliphatic carbocycles. The first-order valence-electron chi connectivity index (χ1n) is 7.86. The minimum atomic E-state index is -4.52. The molecule has 2 rings (SSSR count). The summed E-state index contributed by atoms with van der Waals surface area (Å²) in [5, 5.41) is 6.31. The summed E-state index contributed by atoms with van der Waals surface area (Å²) in [4.78, 5) is 19.5. The van der Waals surface area contributed by atoms with Crippen LogP contribution in [-0.2, 0) is 17.5 Å². The van der Waals surface area contributed by atoms with Crippen LogP contribution in [0.1, 0.15) is 26.5 Å². The first-order chi connectivity index (χ1) is 12.4. The van der Waals surface area contributed by atoms with Crippen LogP contribution in [0.5, 0.6) is 0 Å². The van der Waals surface area contributed by atoms with E-state index in [0.717, 1.165) is 16.3 Å². The van der Waals surface area contributed by atoms with Gasteiger partial charge >= 0.3 is 12.3 Å². The average molecular weight is 470 g/mol. The number of alkyl halides is 3. The molecule has 0 aliphatic rings. The highest BCUT2D eigenvalue weighted by molar-refractivity contribution is 9.11. The molecule has 0 bridgehead atoms. The zero-order valence-electron chi connectivity index (χ0n) is 14.8. The summed E-state index contributed by atoms with van der Waals surface area (Å²) >= 11 is 4.65. The number of halogens is 4. The molecule has 2 heterocycles. The van der Waals surface area contributed by atoms with Crippen molar-refractivity contribution in [3.8, 4) is 0 Å². The van der Waals surface area contributed by atoms with E-state index in [-0.39, 0.29) is 13.1 Å². The highest BCUT2D eigenvalue weighted by Gasteiger charge is 2.33. The molecule has 150 valence electrons. The van der Waals surface area contributed by atoms with Gasteiger partial charge in [-0.05, 0) is 36.7 Å². The Balaban J connectivity index is 2.05. The Morgan fingerprint density at radius 2 is 2.07 bits per heavy atom. The molecule has 0 aromatic carbocycles. The van der Waals surface area contributed by atoms with Gasteiger partial charge in [-0.3, -0.25) is 0 Å². The quantitative estimate of drug-likeness (QED) is 0.664. The fraction of sp³-hybridized carbons (Fsp3) is 0.533. The molecular formula is C15H19BrF3N5O2S. The number of rotatable bonds is 6. The molecule has 0 saturated heterocycles. The molecule has 27 heavy (non-hydrogen) atoms. The molecule has 2 aromatic heterocycles. The number of nitrogens with zero attached hydrogens (tertiary/aromatic N) is 3. The Bertz CT molecular complexity index is 772. The minimum absolute atomic E-state index is 0.0713. The van der Waals surface area contributed by atoms with E-state index in [2.05, 4.69) is 36.5 Å². The molecule has 12 heteroatoms. The maximum absolute atomic E-state index is 12.7. The van der Waals surface area contributed by atoms with Crippen molar-refractivity contribution in [1.82, 2.24) is 19.9 Å². The molecule has 0 aliphatic heterocycles. The Morgan fingerprint density at radius 1 is 1.37 bits per heavy atom. The van der Waals surface area contributed by atoms with Crippen LogP contribution in [0.15, 0.2) is 22.5 Å². The fourth-order valence-electron chi connectivity index (χ4n) is 2.04. The highest BCUT2D eigenvalue weighted by atomic mass is 79.9. The summed E-state index contributed by atoms with van der Waals surface area (Å²) < 4.78 is 45.5. The summed E-state index contributed by atoms with van der Waals surface area (Å²) in [5.41, 5.74) is -1.68. The average Bonchev–Trinajstić information content (AvgIpc) is 3.11. The van der Waals surface area contributed by atoms with Crippen LogP contribution in [0.4, 0.5) is 23.1 Å². The number of alkyl carbamates (subject to hydrolysis) is 1. The van der Waals surface area contributed by atoms with Gasteiger partial charge in [0.1, 0.15) is 5.60 Å². The second-order valence-corrected chi connectivity index (χ2v) is 9.06. The molecule has 2 N–H and O–H groups in total. The molecule has 1 amide bonds. The van der Waals surface area contributed by atoms with Crippen LogP contribution in [-0.4, -0.2) is 38.8 Å². The van der Waals surface area contributed by atoms with E-state index in [9.17, 15) is 18.0 Å². The number of carbonyl (C=O) groups excluding carboxylic acids is 1. The van der Waals surface area contributed by atoms with Crippen LogP contribution in [0.3, 0.4) is 0 Å². The van der Waals surface area contributed by atoms with Crippen molar-refractivity contribution in [2.24, 2.45) is 0 Å². The normalized spacial score (nSPS) is 13.3. The summed E-state index contributed by atoms with van der Waals surface area (Å²) in [5.74, 6) is 0. The molecule has 0 spiro atoms. The lowest BCUT2D eigenvalue weighted by molar-refractivity contribution is -0.141. The SMILES string of the molecule is CC(C)(C)OC(=O)NC(CNc1ncc(Br)s1)Cn1cnc(C(F)(F)F)c1. The molecule has 0 fully saturated rings. The number of thiazole rings is 1. The topological polar surface area (TPSA) is 81.1 Å². The van der Waals surface area contributed by atoms with Gasteiger partial charge in [0.2, 0.25) is 0 Å².